The van der Waals surface area contributed by atoms with Crippen LogP contribution < -0.4 is 4.89 Å². The quantitative estimate of drug-likeness (QED) is 0.149. The molecule has 0 saturated heterocycles. The Balaban J connectivity index is 2.36. The minimum Gasteiger partial charge on any atom is -0.286 e. The van der Waals surface area contributed by atoms with Crippen molar-refractivity contribution in [3.63, 3.8) is 0 Å². The van der Waals surface area contributed by atoms with Crippen LogP contribution in [0.3, 0.4) is 0 Å². The third-order valence-electron chi connectivity index (χ3n) is 4.78. The molecule has 0 atom stereocenters. The average Bonchev–Trinajstić information content (AvgIpc) is 2.67. The molecule has 0 spiro atoms. The summed E-state index contributed by atoms with van der Waals surface area (Å²) in [4.78, 5) is 19.2. The molecule has 15 heteroatoms. The first kappa shape index (κ1) is 24.0. The zero-order valence-electron chi connectivity index (χ0n) is 16.0. The van der Waals surface area contributed by atoms with E-state index in [1.54, 1.807) is 0 Å². The molecule has 174 valence electrons. The Morgan fingerprint density at radius 1 is 0.667 bits per heavy atom. The molecule has 0 saturated carbocycles. The summed E-state index contributed by atoms with van der Waals surface area (Å²) in [6, 6.07) is 7.08. The van der Waals surface area contributed by atoms with Crippen LogP contribution in [-0.4, -0.2) is 31.2 Å². The molecule has 0 heterocycles. The first-order valence-electron chi connectivity index (χ1n) is 8.58. The van der Waals surface area contributed by atoms with Crippen molar-refractivity contribution < 1.29 is 39.8 Å². The molecule has 0 aliphatic rings. The van der Waals surface area contributed by atoms with Crippen molar-refractivity contribution in [1.82, 2.24) is 0 Å². The van der Waals surface area contributed by atoms with Gasteiger partial charge in [0.15, 0.2) is 5.75 Å². The van der Waals surface area contributed by atoms with Crippen LogP contribution in [0, 0.1) is 0 Å². The van der Waals surface area contributed by atoms with Gasteiger partial charge in [0.1, 0.15) is 0 Å². The summed E-state index contributed by atoms with van der Waals surface area (Å²) in [5.41, 5.74) is 0. The molecule has 0 bridgehead atoms. The van der Waals surface area contributed by atoms with Gasteiger partial charge in [0.25, 0.3) is 27.2 Å². The van der Waals surface area contributed by atoms with Crippen molar-refractivity contribution >= 4 is 97.5 Å². The summed E-state index contributed by atoms with van der Waals surface area (Å²) in [5, 5.41) is 0.249. The van der Waals surface area contributed by atoms with Gasteiger partial charge in [-0.05, 0) is 12.1 Å². The maximum Gasteiger partial charge on any atom is 0.352 e. The van der Waals surface area contributed by atoms with Gasteiger partial charge in [-0.25, -0.2) is 30.0 Å². The van der Waals surface area contributed by atoms with Gasteiger partial charge >= 0.3 is 5.97 Å². The Morgan fingerprint density at radius 3 is 1.42 bits per heavy atom. The molecule has 0 aromatic heterocycles. The fourth-order valence-electron chi connectivity index (χ4n) is 3.64. The van der Waals surface area contributed by atoms with Crippen molar-refractivity contribution in [3.8, 4) is 5.75 Å². The summed E-state index contributed by atoms with van der Waals surface area (Å²) in [7, 11) is 3.36. The molecule has 0 amide bonds. The van der Waals surface area contributed by atoms with Crippen LogP contribution in [0.1, 0.15) is 6.92 Å². The fraction of sp³-hybridized carbons (Fsp3) is 0.0556. The van der Waals surface area contributed by atoms with Crippen LogP contribution in [0.25, 0.3) is 32.3 Å². The Morgan fingerprint density at radius 2 is 1.03 bits per heavy atom. The maximum absolute atomic E-state index is 12.3. The minimum atomic E-state index is -4.48. The van der Waals surface area contributed by atoms with E-state index in [1.807, 2.05) is 0 Å². The van der Waals surface area contributed by atoms with Crippen LogP contribution in [-0.2, 0) is 36.8 Å². The standard InChI is InChI=1S/C18H9Cl3O9S3/c1-8(22)29-30-13-6-14(31(19,23)24)10-4-5-12-16(33(21,27)28)7-15(32(20,25)26)11-3-2-9(13)17(10)18(11)12/h2-7H,1H3. The monoisotopic (exact) mass is 570 g/mol. The Labute approximate surface area is 200 Å². The van der Waals surface area contributed by atoms with Gasteiger partial charge < -0.3 is 0 Å². The molecular formula is C18H9Cl3O9S3. The molecule has 4 aromatic rings. The number of benzene rings is 4. The molecule has 0 unspecified atom stereocenters. The van der Waals surface area contributed by atoms with Crippen molar-refractivity contribution in [3.05, 3.63) is 36.4 Å². The lowest BCUT2D eigenvalue weighted by Crippen LogP contribution is -2.05. The number of carbonyl (C=O) groups is 1. The Bertz CT molecular complexity index is 1760. The lowest BCUT2D eigenvalue weighted by molar-refractivity contribution is -0.210. The summed E-state index contributed by atoms with van der Waals surface area (Å²) < 4.78 is 73.6. The molecule has 33 heavy (non-hydrogen) atoms. The zero-order chi connectivity index (χ0) is 24.5. The lowest BCUT2D eigenvalue weighted by Gasteiger charge is -2.18. The van der Waals surface area contributed by atoms with E-state index in [4.69, 9.17) is 36.9 Å². The zero-order valence-corrected chi connectivity index (χ0v) is 20.7. The van der Waals surface area contributed by atoms with E-state index in [2.05, 4.69) is 4.89 Å². The fourth-order valence-corrected chi connectivity index (χ4v) is 6.93. The average molecular weight is 572 g/mol. The van der Waals surface area contributed by atoms with E-state index in [1.165, 1.54) is 24.3 Å². The van der Waals surface area contributed by atoms with Crippen molar-refractivity contribution in [2.24, 2.45) is 0 Å². The van der Waals surface area contributed by atoms with Gasteiger partial charge in [0.2, 0.25) is 0 Å². The number of rotatable bonds is 5. The second-order valence-electron chi connectivity index (χ2n) is 6.79. The van der Waals surface area contributed by atoms with E-state index in [0.717, 1.165) is 19.1 Å². The molecule has 0 aliphatic carbocycles. The van der Waals surface area contributed by atoms with E-state index in [9.17, 15) is 30.0 Å². The van der Waals surface area contributed by atoms with Crippen LogP contribution in [0.2, 0.25) is 0 Å². The highest BCUT2D eigenvalue weighted by molar-refractivity contribution is 8.14. The lowest BCUT2D eigenvalue weighted by atomic mass is 9.94. The van der Waals surface area contributed by atoms with Gasteiger partial charge in [0, 0.05) is 77.4 Å². The van der Waals surface area contributed by atoms with E-state index in [-0.39, 0.29) is 38.1 Å². The van der Waals surface area contributed by atoms with Crippen LogP contribution in [0.15, 0.2) is 51.1 Å². The van der Waals surface area contributed by atoms with E-state index in [0.29, 0.717) is 0 Å². The van der Waals surface area contributed by atoms with Crippen molar-refractivity contribution in [2.45, 2.75) is 21.6 Å². The van der Waals surface area contributed by atoms with Crippen molar-refractivity contribution in [2.75, 3.05) is 0 Å². The molecule has 0 radical (unpaired) electrons. The molecule has 4 aromatic carbocycles. The molecule has 0 aliphatic heterocycles. The smallest absolute Gasteiger partial charge is 0.286 e. The molecular weight excluding hydrogens is 563 g/mol. The molecule has 4 rings (SSSR count). The van der Waals surface area contributed by atoms with Crippen LogP contribution in [0.4, 0.5) is 0 Å². The predicted octanol–water partition coefficient (Wildman–Crippen LogP) is 4.22. The molecule has 9 nitrogen and oxygen atoms in total. The Kier molecular flexibility index (Phi) is 5.62. The number of halogens is 3. The summed E-state index contributed by atoms with van der Waals surface area (Å²) in [6.45, 7) is 1.05. The predicted molar refractivity (Wildman–Crippen MR) is 122 cm³/mol. The van der Waals surface area contributed by atoms with Gasteiger partial charge in [-0.15, -0.1) is 0 Å². The Hall–Kier alpha value is -2.09. The second kappa shape index (κ2) is 7.72. The van der Waals surface area contributed by atoms with E-state index >= 15 is 0 Å². The van der Waals surface area contributed by atoms with Gasteiger partial charge in [-0.2, -0.15) is 0 Å². The highest BCUT2D eigenvalue weighted by Gasteiger charge is 2.28. The highest BCUT2D eigenvalue weighted by atomic mass is 35.7. The number of hydrogen-bond acceptors (Lipinski definition) is 9. The summed E-state index contributed by atoms with van der Waals surface area (Å²) >= 11 is 0. The minimum absolute atomic E-state index is 0.00952. The first-order valence-corrected chi connectivity index (χ1v) is 15.5. The number of carbonyl (C=O) groups excluding carboxylic acids is 1. The molecule has 0 fully saturated rings. The topological polar surface area (TPSA) is 138 Å². The third kappa shape index (κ3) is 4.15. The maximum atomic E-state index is 12.3. The SMILES string of the molecule is CC(=O)OOc1cc(S(=O)(=O)Cl)c2ccc3c(S(=O)(=O)Cl)cc(S(=O)(=O)Cl)c4ccc1c2c43. The third-order valence-corrected chi connectivity index (χ3v) is 8.87. The first-order chi connectivity index (χ1) is 15.1. The molecule has 0 N–H and O–H groups in total. The number of hydrogen-bond donors (Lipinski definition) is 0. The van der Waals surface area contributed by atoms with Crippen molar-refractivity contribution in [1.29, 1.82) is 0 Å². The van der Waals surface area contributed by atoms with Gasteiger partial charge in [-0.1, -0.05) is 18.2 Å². The largest absolute Gasteiger partial charge is 0.352 e. The highest BCUT2D eigenvalue weighted by Crippen LogP contribution is 2.46. The van der Waals surface area contributed by atoms with Crippen LogP contribution in [0.5, 0.6) is 5.75 Å². The normalized spacial score (nSPS) is 13.1. The van der Waals surface area contributed by atoms with Gasteiger partial charge in [-0.3, -0.25) is 9.78 Å². The van der Waals surface area contributed by atoms with Crippen LogP contribution >= 0.6 is 32.0 Å². The van der Waals surface area contributed by atoms with E-state index < -0.39 is 47.8 Å². The van der Waals surface area contributed by atoms with Gasteiger partial charge in [0.05, 0.1) is 14.7 Å². The summed E-state index contributed by atoms with van der Waals surface area (Å²) in [5.74, 6) is -1.09. The summed E-state index contributed by atoms with van der Waals surface area (Å²) in [6.07, 6.45) is 0. The second-order valence-corrected chi connectivity index (χ2v) is 14.4.